The van der Waals surface area contributed by atoms with Crippen LogP contribution in [0.4, 0.5) is 15.5 Å². The van der Waals surface area contributed by atoms with Crippen molar-refractivity contribution in [1.82, 2.24) is 4.90 Å². The molecule has 0 spiro atoms. The number of amides is 2. The highest BCUT2D eigenvalue weighted by Gasteiger charge is 2.19. The van der Waals surface area contributed by atoms with E-state index in [-0.39, 0.29) is 6.03 Å². The molecule has 34 heavy (non-hydrogen) atoms. The van der Waals surface area contributed by atoms with Crippen LogP contribution in [0.5, 0.6) is 11.5 Å². The van der Waals surface area contributed by atoms with Gasteiger partial charge < -0.3 is 25.0 Å². The molecular formula is C26H32N4O3S. The summed E-state index contributed by atoms with van der Waals surface area (Å²) in [7, 11) is 0. The number of carbonyl (C=O) groups is 1. The van der Waals surface area contributed by atoms with E-state index < -0.39 is 0 Å². The number of thiophene rings is 1. The molecule has 0 radical (unpaired) electrons. The number of carbonyl (C=O) groups excluding carboxylic acids is 1. The first-order chi connectivity index (χ1) is 16.7. The van der Waals surface area contributed by atoms with Crippen molar-refractivity contribution in [3.8, 4) is 11.5 Å². The van der Waals surface area contributed by atoms with Crippen molar-refractivity contribution in [2.45, 2.75) is 19.3 Å². The third kappa shape index (κ3) is 5.23. The van der Waals surface area contributed by atoms with Crippen LogP contribution in [0.3, 0.4) is 0 Å². The molecule has 7 nitrogen and oxygen atoms in total. The van der Waals surface area contributed by atoms with Gasteiger partial charge in [-0.15, -0.1) is 11.3 Å². The Bertz CT molecular complexity index is 1100. The Morgan fingerprint density at radius 1 is 0.971 bits per heavy atom. The number of anilines is 2. The zero-order valence-corrected chi connectivity index (χ0v) is 20.3. The summed E-state index contributed by atoms with van der Waals surface area (Å²) in [6.07, 6.45) is 3.10. The summed E-state index contributed by atoms with van der Waals surface area (Å²) >= 11 is 1.62. The second kappa shape index (κ2) is 10.5. The monoisotopic (exact) mass is 480 g/mol. The van der Waals surface area contributed by atoms with Gasteiger partial charge in [-0.05, 0) is 62.0 Å². The normalized spacial score (nSPS) is 16.4. The molecule has 0 saturated carbocycles. The molecule has 0 atom stereocenters. The van der Waals surface area contributed by atoms with E-state index in [1.165, 1.54) is 10.4 Å². The van der Waals surface area contributed by atoms with Gasteiger partial charge in [0.05, 0.1) is 0 Å². The van der Waals surface area contributed by atoms with Gasteiger partial charge in [-0.3, -0.25) is 4.90 Å². The number of unbranched alkanes of at least 4 members (excludes halogenated alkanes) is 1. The van der Waals surface area contributed by atoms with E-state index in [1.807, 2.05) is 18.2 Å². The minimum atomic E-state index is -0.378. The Labute approximate surface area is 204 Å². The third-order valence-electron chi connectivity index (χ3n) is 6.53. The maximum absolute atomic E-state index is 12.1. The average molecular weight is 481 g/mol. The number of urea groups is 1. The number of fused-ring (bicyclic) bond motifs is 2. The highest BCUT2D eigenvalue weighted by Crippen LogP contribution is 2.34. The molecule has 3 heterocycles. The zero-order chi connectivity index (χ0) is 23.3. The Kier molecular flexibility index (Phi) is 7.06. The maximum atomic E-state index is 12.1. The highest BCUT2D eigenvalue weighted by atomic mass is 32.1. The summed E-state index contributed by atoms with van der Waals surface area (Å²) in [6.45, 7) is 7.08. The molecule has 1 aromatic heterocycles. The van der Waals surface area contributed by atoms with Gasteiger partial charge in [0.2, 0.25) is 0 Å². The lowest BCUT2D eigenvalue weighted by Gasteiger charge is -2.26. The number of hydrogen-bond acceptors (Lipinski definition) is 6. The van der Waals surface area contributed by atoms with Crippen molar-refractivity contribution >= 4 is 38.1 Å². The van der Waals surface area contributed by atoms with Crippen molar-refractivity contribution < 1.29 is 14.3 Å². The molecule has 3 aromatic rings. The minimum Gasteiger partial charge on any atom is -0.486 e. The molecule has 5 rings (SSSR count). The first-order valence-electron chi connectivity index (χ1n) is 12.1. The third-order valence-corrected chi connectivity index (χ3v) is 7.67. The lowest BCUT2D eigenvalue weighted by Crippen LogP contribution is -2.36. The van der Waals surface area contributed by atoms with Crippen LogP contribution in [0.25, 0.3) is 10.1 Å². The fourth-order valence-electron chi connectivity index (χ4n) is 4.72. The molecule has 2 aliphatic rings. The SMILES string of the molecule is NC(=O)N(CCCCN1CCCN(c2ccc3c(c2)OCCO3)CC1)c1cc2ccccc2s1. The van der Waals surface area contributed by atoms with E-state index in [0.717, 1.165) is 73.9 Å². The van der Waals surface area contributed by atoms with Crippen LogP contribution in [-0.2, 0) is 0 Å². The fraction of sp³-hybridized carbons (Fsp3) is 0.423. The quantitative estimate of drug-likeness (QED) is 0.503. The van der Waals surface area contributed by atoms with Gasteiger partial charge in [0.25, 0.3) is 0 Å². The summed E-state index contributed by atoms with van der Waals surface area (Å²) in [5.74, 6) is 1.69. The Morgan fingerprint density at radius 2 is 1.82 bits per heavy atom. The molecule has 180 valence electrons. The number of hydrogen-bond donors (Lipinski definition) is 1. The number of benzene rings is 2. The molecule has 1 saturated heterocycles. The van der Waals surface area contributed by atoms with Gasteiger partial charge in [0.1, 0.15) is 18.2 Å². The predicted octanol–water partition coefficient (Wildman–Crippen LogP) is 4.55. The first kappa shape index (κ1) is 22.8. The molecule has 1 fully saturated rings. The lowest BCUT2D eigenvalue weighted by molar-refractivity contribution is 0.171. The molecule has 2 aliphatic heterocycles. The minimum absolute atomic E-state index is 0.378. The van der Waals surface area contributed by atoms with Crippen molar-refractivity contribution in [3.63, 3.8) is 0 Å². The fourth-order valence-corrected chi connectivity index (χ4v) is 5.81. The van der Waals surface area contributed by atoms with E-state index in [4.69, 9.17) is 15.2 Å². The van der Waals surface area contributed by atoms with Gasteiger partial charge in [-0.2, -0.15) is 0 Å². The molecule has 2 amide bonds. The smallest absolute Gasteiger partial charge is 0.319 e. The number of nitrogens with two attached hydrogens (primary N) is 1. The summed E-state index contributed by atoms with van der Waals surface area (Å²) in [5.41, 5.74) is 6.91. The van der Waals surface area contributed by atoms with Crippen molar-refractivity contribution in [3.05, 3.63) is 48.5 Å². The van der Waals surface area contributed by atoms with Gasteiger partial charge in [0.15, 0.2) is 11.5 Å². The van der Waals surface area contributed by atoms with E-state index in [1.54, 1.807) is 16.2 Å². The lowest BCUT2D eigenvalue weighted by atomic mass is 10.2. The van der Waals surface area contributed by atoms with Crippen LogP contribution in [-0.4, -0.2) is 63.4 Å². The van der Waals surface area contributed by atoms with Gasteiger partial charge in [-0.25, -0.2) is 4.79 Å². The molecule has 2 aromatic carbocycles. The molecule has 2 N–H and O–H groups in total. The first-order valence-corrected chi connectivity index (χ1v) is 12.9. The summed E-state index contributed by atoms with van der Waals surface area (Å²) in [6, 6.07) is 16.1. The Morgan fingerprint density at radius 3 is 2.68 bits per heavy atom. The summed E-state index contributed by atoms with van der Waals surface area (Å²) in [4.78, 5) is 18.8. The van der Waals surface area contributed by atoms with Crippen LogP contribution in [0, 0.1) is 0 Å². The molecular weight excluding hydrogens is 448 g/mol. The standard InChI is InChI=1S/C26H32N4O3S/c27-26(31)30(25-18-20-6-1-2-7-24(20)34-25)13-4-3-10-28-11-5-12-29(15-14-28)21-8-9-22-23(19-21)33-17-16-32-22/h1-2,6-9,18-19H,3-5,10-17H2,(H2,27,31). The van der Waals surface area contributed by atoms with Gasteiger partial charge >= 0.3 is 6.03 Å². The molecule has 0 bridgehead atoms. The number of rotatable bonds is 7. The van der Waals surface area contributed by atoms with Crippen LogP contribution < -0.4 is 25.0 Å². The molecule has 8 heteroatoms. The predicted molar refractivity (Wildman–Crippen MR) is 139 cm³/mol. The van der Waals surface area contributed by atoms with Crippen LogP contribution in [0.1, 0.15) is 19.3 Å². The second-order valence-electron chi connectivity index (χ2n) is 8.83. The molecule has 0 unspecified atom stereocenters. The largest absolute Gasteiger partial charge is 0.486 e. The molecule has 0 aliphatic carbocycles. The van der Waals surface area contributed by atoms with Crippen molar-refractivity contribution in [1.29, 1.82) is 0 Å². The second-order valence-corrected chi connectivity index (χ2v) is 9.89. The number of primary amides is 1. The van der Waals surface area contributed by atoms with Crippen molar-refractivity contribution in [2.24, 2.45) is 5.73 Å². The van der Waals surface area contributed by atoms with Crippen LogP contribution >= 0.6 is 11.3 Å². The number of nitrogens with zero attached hydrogens (tertiary/aromatic N) is 3. The maximum Gasteiger partial charge on any atom is 0.319 e. The topological polar surface area (TPSA) is 71.3 Å². The van der Waals surface area contributed by atoms with Gasteiger partial charge in [0, 0.05) is 42.6 Å². The van der Waals surface area contributed by atoms with E-state index in [2.05, 4.69) is 40.1 Å². The van der Waals surface area contributed by atoms with E-state index >= 15 is 0 Å². The Balaban J connectivity index is 1.11. The van der Waals surface area contributed by atoms with E-state index in [0.29, 0.717) is 19.8 Å². The van der Waals surface area contributed by atoms with Crippen LogP contribution in [0.15, 0.2) is 48.5 Å². The van der Waals surface area contributed by atoms with Crippen molar-refractivity contribution in [2.75, 3.05) is 62.3 Å². The van der Waals surface area contributed by atoms with Gasteiger partial charge in [-0.1, -0.05) is 18.2 Å². The van der Waals surface area contributed by atoms with Crippen LogP contribution in [0.2, 0.25) is 0 Å². The summed E-state index contributed by atoms with van der Waals surface area (Å²) in [5, 5.41) is 2.08. The Hall–Kier alpha value is -2.97. The zero-order valence-electron chi connectivity index (χ0n) is 19.4. The number of ether oxygens (including phenoxy) is 2. The average Bonchev–Trinajstić information content (AvgIpc) is 3.14. The highest BCUT2D eigenvalue weighted by molar-refractivity contribution is 7.23. The van der Waals surface area contributed by atoms with E-state index in [9.17, 15) is 4.79 Å². The summed E-state index contributed by atoms with van der Waals surface area (Å²) < 4.78 is 12.6.